The minimum atomic E-state index is -1.01. The molecule has 0 radical (unpaired) electrons. The summed E-state index contributed by atoms with van der Waals surface area (Å²) in [4.78, 5) is 21.1. The summed E-state index contributed by atoms with van der Waals surface area (Å²) in [6.07, 6.45) is 1.28. The fourth-order valence-electron chi connectivity index (χ4n) is 2.32. The Balaban J connectivity index is 1.86. The van der Waals surface area contributed by atoms with Gasteiger partial charge in [0.05, 0.1) is 29.6 Å². The van der Waals surface area contributed by atoms with Crippen LogP contribution < -0.4 is 5.32 Å². The van der Waals surface area contributed by atoms with Gasteiger partial charge in [0.25, 0.3) is 5.69 Å². The molecule has 1 N–H and O–H groups in total. The number of esters is 1. The lowest BCUT2D eigenvalue weighted by molar-refractivity contribution is -0.385. The van der Waals surface area contributed by atoms with Gasteiger partial charge in [-0.2, -0.15) is 0 Å². The maximum atomic E-state index is 13.6. The van der Waals surface area contributed by atoms with E-state index in [0.717, 1.165) is 0 Å². The van der Waals surface area contributed by atoms with Crippen LogP contribution in [-0.4, -0.2) is 24.0 Å². The second-order valence-electron chi connectivity index (χ2n) is 5.11. The lowest BCUT2D eigenvalue weighted by Crippen LogP contribution is -2.10. The van der Waals surface area contributed by atoms with Crippen LogP contribution in [0.15, 0.2) is 12.1 Å². The molecule has 0 aromatic heterocycles. The average Bonchev–Trinajstić information content (AvgIpc) is 3.21. The topological polar surface area (TPSA) is 81.5 Å². The van der Waals surface area contributed by atoms with E-state index in [9.17, 15) is 23.7 Å². The molecule has 2 atom stereocenters. The Bertz CT molecular complexity index is 571. The van der Waals surface area contributed by atoms with Crippen molar-refractivity contribution >= 4 is 17.3 Å². The van der Waals surface area contributed by atoms with Gasteiger partial charge < -0.3 is 10.1 Å². The summed E-state index contributed by atoms with van der Waals surface area (Å²) in [7, 11) is 0. The molecular formula is C14H16F2N2O4. The quantitative estimate of drug-likeness (QED) is 0.475. The molecule has 22 heavy (non-hydrogen) atoms. The van der Waals surface area contributed by atoms with E-state index >= 15 is 0 Å². The second-order valence-corrected chi connectivity index (χ2v) is 5.11. The monoisotopic (exact) mass is 314 g/mol. The smallest absolute Gasteiger partial charge is 0.309 e. The third kappa shape index (κ3) is 3.69. The van der Waals surface area contributed by atoms with Crippen molar-refractivity contribution in [2.75, 3.05) is 18.5 Å². The van der Waals surface area contributed by atoms with Crippen molar-refractivity contribution in [3.63, 3.8) is 0 Å². The molecular weight excluding hydrogens is 298 g/mol. The average molecular weight is 314 g/mol. The predicted octanol–water partition coefficient (Wildman–Crippen LogP) is 2.87. The molecule has 120 valence electrons. The minimum Gasteiger partial charge on any atom is -0.466 e. The van der Waals surface area contributed by atoms with E-state index in [0.29, 0.717) is 31.6 Å². The van der Waals surface area contributed by atoms with Crippen LogP contribution in [0, 0.1) is 33.6 Å². The predicted molar refractivity (Wildman–Crippen MR) is 74.3 cm³/mol. The molecule has 0 spiro atoms. The Morgan fingerprint density at radius 3 is 2.64 bits per heavy atom. The Kier molecular flexibility index (Phi) is 4.89. The second kappa shape index (κ2) is 6.67. The molecule has 0 aliphatic heterocycles. The van der Waals surface area contributed by atoms with E-state index in [1.165, 1.54) is 0 Å². The van der Waals surface area contributed by atoms with Gasteiger partial charge in [0, 0.05) is 6.54 Å². The number of non-ortho nitro benzene ring substituents is 1. The lowest BCUT2D eigenvalue weighted by atomic mass is 10.2. The summed E-state index contributed by atoms with van der Waals surface area (Å²) in [5.41, 5.74) is -1.02. The van der Waals surface area contributed by atoms with Crippen molar-refractivity contribution < 1.29 is 23.2 Å². The van der Waals surface area contributed by atoms with Crippen molar-refractivity contribution in [1.82, 2.24) is 0 Å². The zero-order valence-corrected chi connectivity index (χ0v) is 12.0. The molecule has 1 fully saturated rings. The summed E-state index contributed by atoms with van der Waals surface area (Å²) >= 11 is 0. The van der Waals surface area contributed by atoms with Crippen LogP contribution in [0.5, 0.6) is 0 Å². The SMILES string of the molecule is CCOC(=O)C1CC1CCNc1c(F)cc([N+](=O)[O-])cc1F. The van der Waals surface area contributed by atoms with Crippen LogP contribution in [0.25, 0.3) is 0 Å². The molecule has 1 aliphatic carbocycles. The molecule has 0 bridgehead atoms. The van der Waals surface area contributed by atoms with Gasteiger partial charge in [-0.15, -0.1) is 0 Å². The Morgan fingerprint density at radius 1 is 1.45 bits per heavy atom. The van der Waals surface area contributed by atoms with Gasteiger partial charge in [-0.1, -0.05) is 0 Å². The number of rotatable bonds is 7. The van der Waals surface area contributed by atoms with Gasteiger partial charge in [-0.25, -0.2) is 8.78 Å². The zero-order chi connectivity index (χ0) is 16.3. The van der Waals surface area contributed by atoms with E-state index in [1.54, 1.807) is 6.92 Å². The number of anilines is 1. The largest absolute Gasteiger partial charge is 0.466 e. The fraction of sp³-hybridized carbons (Fsp3) is 0.500. The first-order chi connectivity index (χ1) is 10.4. The molecule has 1 aromatic carbocycles. The summed E-state index contributed by atoms with van der Waals surface area (Å²) in [6.45, 7) is 2.34. The third-order valence-electron chi connectivity index (χ3n) is 3.57. The van der Waals surface area contributed by atoms with Crippen LogP contribution in [-0.2, 0) is 9.53 Å². The van der Waals surface area contributed by atoms with Crippen LogP contribution in [0.1, 0.15) is 19.8 Å². The van der Waals surface area contributed by atoms with Crippen LogP contribution >= 0.6 is 0 Å². The van der Waals surface area contributed by atoms with Gasteiger partial charge >= 0.3 is 5.97 Å². The third-order valence-corrected chi connectivity index (χ3v) is 3.57. The first-order valence-electron chi connectivity index (χ1n) is 6.98. The number of nitro groups is 1. The summed E-state index contributed by atoms with van der Waals surface area (Å²) in [6, 6.07) is 1.34. The summed E-state index contributed by atoms with van der Waals surface area (Å²) < 4.78 is 32.2. The number of hydrogen-bond donors (Lipinski definition) is 1. The molecule has 6 nitrogen and oxygen atoms in total. The van der Waals surface area contributed by atoms with E-state index in [2.05, 4.69) is 5.32 Å². The number of ether oxygens (including phenoxy) is 1. The van der Waals surface area contributed by atoms with Gasteiger partial charge in [-0.05, 0) is 25.7 Å². The molecule has 1 saturated carbocycles. The number of benzene rings is 1. The normalized spacial score (nSPS) is 19.6. The van der Waals surface area contributed by atoms with Crippen LogP contribution in [0.4, 0.5) is 20.2 Å². The van der Waals surface area contributed by atoms with Gasteiger partial charge in [0.2, 0.25) is 0 Å². The summed E-state index contributed by atoms with van der Waals surface area (Å²) in [5, 5.41) is 13.1. The highest BCUT2D eigenvalue weighted by molar-refractivity contribution is 5.75. The van der Waals surface area contributed by atoms with Crippen molar-refractivity contribution in [3.05, 3.63) is 33.9 Å². The van der Waals surface area contributed by atoms with Gasteiger partial charge in [-0.3, -0.25) is 14.9 Å². The number of nitro benzene ring substituents is 1. The number of hydrogen-bond acceptors (Lipinski definition) is 5. The van der Waals surface area contributed by atoms with Crippen molar-refractivity contribution in [1.29, 1.82) is 0 Å². The minimum absolute atomic E-state index is 0.131. The molecule has 1 aromatic rings. The summed E-state index contributed by atoms with van der Waals surface area (Å²) in [5.74, 6) is -2.24. The van der Waals surface area contributed by atoms with Gasteiger partial charge in [0.15, 0.2) is 11.6 Å². The van der Waals surface area contributed by atoms with Crippen LogP contribution in [0.2, 0.25) is 0 Å². The number of halogens is 2. The Hall–Kier alpha value is -2.25. The van der Waals surface area contributed by atoms with Crippen molar-refractivity contribution in [2.45, 2.75) is 19.8 Å². The van der Waals surface area contributed by atoms with E-state index in [1.807, 2.05) is 0 Å². The zero-order valence-electron chi connectivity index (χ0n) is 12.0. The first-order valence-corrected chi connectivity index (χ1v) is 6.98. The maximum Gasteiger partial charge on any atom is 0.309 e. The first kappa shape index (κ1) is 16.1. The molecule has 2 rings (SSSR count). The van der Waals surface area contributed by atoms with Crippen molar-refractivity contribution in [2.24, 2.45) is 11.8 Å². The fourth-order valence-corrected chi connectivity index (χ4v) is 2.32. The van der Waals surface area contributed by atoms with Crippen molar-refractivity contribution in [3.8, 4) is 0 Å². The maximum absolute atomic E-state index is 13.6. The molecule has 8 heteroatoms. The molecule has 0 saturated heterocycles. The highest BCUT2D eigenvalue weighted by atomic mass is 19.1. The lowest BCUT2D eigenvalue weighted by Gasteiger charge is -2.08. The highest BCUT2D eigenvalue weighted by Crippen LogP contribution is 2.42. The molecule has 0 heterocycles. The standard InChI is InChI=1S/C14H16F2N2O4/c1-2-22-14(19)10-5-8(10)3-4-17-13-11(15)6-9(18(20)21)7-12(13)16/h6-8,10,17H,2-5H2,1H3. The van der Waals surface area contributed by atoms with Gasteiger partial charge in [0.1, 0.15) is 5.69 Å². The number of nitrogens with one attached hydrogen (secondary N) is 1. The van der Waals surface area contributed by atoms with E-state index in [-0.39, 0.29) is 30.0 Å². The number of carbonyl (C=O) groups is 1. The Labute approximate surface area is 125 Å². The molecule has 2 unspecified atom stereocenters. The molecule has 0 amide bonds. The molecule has 1 aliphatic rings. The highest BCUT2D eigenvalue weighted by Gasteiger charge is 2.43. The van der Waals surface area contributed by atoms with E-state index < -0.39 is 22.2 Å². The number of carbonyl (C=O) groups excluding carboxylic acids is 1. The van der Waals surface area contributed by atoms with Crippen LogP contribution in [0.3, 0.4) is 0 Å². The van der Waals surface area contributed by atoms with E-state index in [4.69, 9.17) is 4.74 Å². The Morgan fingerprint density at radius 2 is 2.09 bits per heavy atom. The number of nitrogens with zero attached hydrogens (tertiary/aromatic N) is 1.